The highest BCUT2D eigenvalue weighted by atomic mass is 32.2. The first-order chi connectivity index (χ1) is 17.5. The number of ether oxygens (including phenoxy) is 1. The Hall–Kier alpha value is -3.90. The molecule has 9 heteroatoms. The van der Waals surface area contributed by atoms with E-state index in [4.69, 9.17) is 4.74 Å². The maximum atomic E-state index is 12.5. The molecule has 0 saturated heterocycles. The number of nitrogens with zero attached hydrogens (tertiary/aromatic N) is 4. The van der Waals surface area contributed by atoms with Crippen LogP contribution < -0.4 is 9.46 Å². The predicted molar refractivity (Wildman–Crippen MR) is 137 cm³/mol. The van der Waals surface area contributed by atoms with Crippen molar-refractivity contribution in [1.29, 1.82) is 5.26 Å². The second-order valence-corrected chi connectivity index (χ2v) is 11.3. The zero-order valence-corrected chi connectivity index (χ0v) is 20.4. The van der Waals surface area contributed by atoms with Crippen LogP contribution in [-0.2, 0) is 10.0 Å². The van der Waals surface area contributed by atoms with Crippen LogP contribution in [0.15, 0.2) is 61.1 Å². The molecule has 0 bridgehead atoms. The lowest BCUT2D eigenvalue weighted by molar-refractivity contribution is 0.347. The average Bonchev–Trinajstić information content (AvgIpc) is 3.64. The van der Waals surface area contributed by atoms with Gasteiger partial charge in [-0.1, -0.05) is 18.6 Å². The Bertz CT molecular complexity index is 1570. The van der Waals surface area contributed by atoms with E-state index in [1.165, 1.54) is 0 Å². The maximum absolute atomic E-state index is 12.5. The summed E-state index contributed by atoms with van der Waals surface area (Å²) in [6.45, 7) is 0. The van der Waals surface area contributed by atoms with Crippen molar-refractivity contribution in [3.63, 3.8) is 0 Å². The molecular formula is C27H25N5O3S. The van der Waals surface area contributed by atoms with Gasteiger partial charge < -0.3 is 9.30 Å². The van der Waals surface area contributed by atoms with Gasteiger partial charge in [0.15, 0.2) is 0 Å². The summed E-state index contributed by atoms with van der Waals surface area (Å²) in [4.78, 5) is 8.22. The first-order valence-corrected chi connectivity index (χ1v) is 13.8. The number of rotatable bonds is 8. The smallest absolute Gasteiger partial charge is 0.237 e. The number of sulfonamides is 1. The summed E-state index contributed by atoms with van der Waals surface area (Å²) in [6.07, 6.45) is 9.86. The van der Waals surface area contributed by atoms with Crippen LogP contribution in [0.1, 0.15) is 43.7 Å². The fraction of sp³-hybridized carbons (Fsp3) is 0.296. The van der Waals surface area contributed by atoms with Gasteiger partial charge in [-0.25, -0.2) is 13.4 Å². The van der Waals surface area contributed by atoms with Gasteiger partial charge in [-0.3, -0.25) is 9.71 Å². The number of nitriles is 1. The third-order valence-electron chi connectivity index (χ3n) is 6.87. The first-order valence-electron chi connectivity index (χ1n) is 12.1. The molecule has 0 spiro atoms. The zero-order valence-electron chi connectivity index (χ0n) is 19.6. The molecule has 2 aromatic carbocycles. The number of hydrogen-bond donors (Lipinski definition) is 1. The van der Waals surface area contributed by atoms with E-state index in [-0.39, 0.29) is 11.7 Å². The van der Waals surface area contributed by atoms with Crippen LogP contribution >= 0.6 is 0 Å². The van der Waals surface area contributed by atoms with E-state index in [0.29, 0.717) is 28.9 Å². The Morgan fingerprint density at radius 3 is 2.53 bits per heavy atom. The van der Waals surface area contributed by atoms with Crippen LogP contribution in [0.2, 0.25) is 0 Å². The van der Waals surface area contributed by atoms with Crippen LogP contribution in [0.25, 0.3) is 22.2 Å². The third kappa shape index (κ3) is 4.40. The number of nitrogens with one attached hydrogen (secondary N) is 1. The highest BCUT2D eigenvalue weighted by Crippen LogP contribution is 2.45. The van der Waals surface area contributed by atoms with Crippen molar-refractivity contribution in [3.05, 3.63) is 66.6 Å². The van der Waals surface area contributed by atoms with E-state index in [2.05, 4.69) is 25.3 Å². The predicted octanol–water partition coefficient (Wildman–Crippen LogP) is 5.64. The molecule has 4 aromatic rings. The van der Waals surface area contributed by atoms with E-state index in [9.17, 15) is 13.7 Å². The van der Waals surface area contributed by atoms with Crippen LogP contribution in [-0.4, -0.2) is 28.7 Å². The van der Waals surface area contributed by atoms with Crippen molar-refractivity contribution in [2.45, 2.75) is 38.1 Å². The maximum Gasteiger partial charge on any atom is 0.237 e. The summed E-state index contributed by atoms with van der Waals surface area (Å²) in [5.41, 5.74) is 3.77. The van der Waals surface area contributed by atoms with Crippen LogP contribution in [0, 0.1) is 17.2 Å². The largest absolute Gasteiger partial charge is 0.437 e. The molecule has 2 fully saturated rings. The van der Waals surface area contributed by atoms with Gasteiger partial charge in [0.2, 0.25) is 15.9 Å². The van der Waals surface area contributed by atoms with Crippen LogP contribution in [0.5, 0.6) is 11.6 Å². The Balaban J connectivity index is 1.35. The fourth-order valence-electron chi connectivity index (χ4n) is 4.81. The second-order valence-electron chi connectivity index (χ2n) is 9.52. The number of benzene rings is 2. The molecular weight excluding hydrogens is 474 g/mol. The SMILES string of the molecule is N#Cc1c(-c2ccc(NS(=O)(=O)CC3CCC3)cc2)n(C2CC2)c2cc(Oc3cnccn3)ccc12. The standard InChI is InChI=1S/C27H25N5O3S/c28-15-24-23-11-10-22(35-26-16-29-12-13-30-26)14-25(23)32(21-8-9-21)27(24)19-4-6-20(7-5-19)31-36(33,34)17-18-2-1-3-18/h4-7,10-14,16,18,21,31H,1-3,8-9,17H2. The Morgan fingerprint density at radius 2 is 1.89 bits per heavy atom. The van der Waals surface area contributed by atoms with Gasteiger partial charge >= 0.3 is 0 Å². The first kappa shape index (κ1) is 22.6. The van der Waals surface area contributed by atoms with Crippen LogP contribution in [0.4, 0.5) is 5.69 Å². The van der Waals surface area contributed by atoms with E-state index < -0.39 is 10.0 Å². The minimum Gasteiger partial charge on any atom is -0.437 e. The molecule has 1 N–H and O–H groups in total. The van der Waals surface area contributed by atoms with Crippen molar-refractivity contribution in [1.82, 2.24) is 14.5 Å². The zero-order chi connectivity index (χ0) is 24.7. The minimum atomic E-state index is -3.38. The van der Waals surface area contributed by atoms with Crippen molar-refractivity contribution < 1.29 is 13.2 Å². The number of fused-ring (bicyclic) bond motifs is 1. The molecule has 6 rings (SSSR count). The number of anilines is 1. The van der Waals surface area contributed by atoms with Gasteiger partial charge in [0.05, 0.1) is 28.7 Å². The normalized spacial score (nSPS) is 15.9. The summed E-state index contributed by atoms with van der Waals surface area (Å²) in [7, 11) is -3.38. The third-order valence-corrected chi connectivity index (χ3v) is 8.33. The Labute approximate surface area is 209 Å². The molecule has 0 unspecified atom stereocenters. The summed E-state index contributed by atoms with van der Waals surface area (Å²) >= 11 is 0. The highest BCUT2D eigenvalue weighted by Gasteiger charge is 2.31. The molecule has 2 aromatic heterocycles. The lowest BCUT2D eigenvalue weighted by Crippen LogP contribution is -2.26. The number of aromatic nitrogens is 3. The molecule has 182 valence electrons. The quantitative estimate of drug-likeness (QED) is 0.336. The summed E-state index contributed by atoms with van der Waals surface area (Å²) < 4.78 is 35.8. The molecule has 2 aliphatic rings. The Morgan fingerprint density at radius 1 is 1.08 bits per heavy atom. The number of hydrogen-bond acceptors (Lipinski definition) is 6. The van der Waals surface area contributed by atoms with Gasteiger partial charge in [0.1, 0.15) is 11.8 Å². The summed E-state index contributed by atoms with van der Waals surface area (Å²) in [5, 5.41) is 11.0. The van der Waals surface area contributed by atoms with Crippen LogP contribution in [0.3, 0.4) is 0 Å². The minimum absolute atomic E-state index is 0.169. The van der Waals surface area contributed by atoms with Gasteiger partial charge in [0, 0.05) is 35.6 Å². The van der Waals surface area contributed by atoms with Crippen molar-refractivity contribution >= 4 is 26.6 Å². The second kappa shape index (κ2) is 8.95. The summed E-state index contributed by atoms with van der Waals surface area (Å²) in [6, 6.07) is 15.7. The molecule has 0 atom stereocenters. The van der Waals surface area contributed by atoms with E-state index in [1.54, 1.807) is 30.7 Å². The Kier molecular flexibility index (Phi) is 5.61. The molecule has 2 saturated carbocycles. The molecule has 0 radical (unpaired) electrons. The van der Waals surface area contributed by atoms with Gasteiger partial charge in [-0.05, 0) is 61.4 Å². The van der Waals surface area contributed by atoms with E-state index in [0.717, 1.165) is 54.3 Å². The van der Waals surface area contributed by atoms with Crippen molar-refractivity contribution in [2.75, 3.05) is 10.5 Å². The average molecular weight is 500 g/mol. The molecule has 0 amide bonds. The molecule has 36 heavy (non-hydrogen) atoms. The fourth-order valence-corrected chi connectivity index (χ4v) is 6.34. The topological polar surface area (TPSA) is 110 Å². The van der Waals surface area contributed by atoms with E-state index in [1.807, 2.05) is 30.3 Å². The molecule has 2 heterocycles. The monoisotopic (exact) mass is 499 g/mol. The molecule has 8 nitrogen and oxygen atoms in total. The molecule has 0 aliphatic heterocycles. The van der Waals surface area contributed by atoms with Gasteiger partial charge in [-0.2, -0.15) is 5.26 Å². The van der Waals surface area contributed by atoms with Gasteiger partial charge in [-0.15, -0.1) is 0 Å². The van der Waals surface area contributed by atoms with Crippen molar-refractivity contribution in [2.24, 2.45) is 5.92 Å². The molecule has 2 aliphatic carbocycles. The lowest BCUT2D eigenvalue weighted by atomic mass is 9.87. The van der Waals surface area contributed by atoms with E-state index >= 15 is 0 Å². The summed E-state index contributed by atoms with van der Waals surface area (Å²) in [5.74, 6) is 1.45. The van der Waals surface area contributed by atoms with Gasteiger partial charge in [0.25, 0.3) is 0 Å². The highest BCUT2D eigenvalue weighted by molar-refractivity contribution is 7.92. The van der Waals surface area contributed by atoms with Crippen molar-refractivity contribution in [3.8, 4) is 29.0 Å². The lowest BCUT2D eigenvalue weighted by Gasteiger charge is -2.25.